The molecule has 0 N–H and O–H groups in total. The van der Waals surface area contributed by atoms with Gasteiger partial charge < -0.3 is 0 Å². The molecule has 19 heavy (non-hydrogen) atoms. The van der Waals surface area contributed by atoms with Crippen molar-refractivity contribution in [2.24, 2.45) is 5.10 Å². The summed E-state index contributed by atoms with van der Waals surface area (Å²) >= 11 is 0. The molecule has 0 unspecified atom stereocenters. The molecule has 2 aromatic carbocycles. The molecule has 0 atom stereocenters. The second-order valence-electron chi connectivity index (χ2n) is 4.50. The van der Waals surface area contributed by atoms with Crippen molar-refractivity contribution >= 4 is 19.0 Å². The Balaban J connectivity index is 2.21. The van der Waals surface area contributed by atoms with E-state index in [2.05, 4.69) is 30.7 Å². The predicted octanol–water partition coefficient (Wildman–Crippen LogP) is 2.11. The van der Waals surface area contributed by atoms with Crippen LogP contribution in [0.4, 0.5) is 0 Å². The van der Waals surface area contributed by atoms with Crippen LogP contribution in [0.15, 0.2) is 53.6 Å². The molecule has 0 saturated carbocycles. The fourth-order valence-electron chi connectivity index (χ4n) is 1.78. The third-order valence-corrected chi connectivity index (χ3v) is 2.95. The number of nitrogens with zero attached hydrogens (tertiary/aromatic N) is 2. The van der Waals surface area contributed by atoms with Crippen molar-refractivity contribution in [2.45, 2.75) is 6.92 Å². The second kappa shape index (κ2) is 6.01. The Labute approximate surface area is 114 Å². The Bertz CT molecular complexity index is 686. The molecule has 0 aliphatic heterocycles. The maximum absolute atomic E-state index is 4.42. The van der Waals surface area contributed by atoms with E-state index >= 15 is 0 Å². The van der Waals surface area contributed by atoms with Gasteiger partial charge in [-0.05, 0) is 28.5 Å². The van der Waals surface area contributed by atoms with E-state index in [4.69, 9.17) is 0 Å². The van der Waals surface area contributed by atoms with Crippen LogP contribution in [-0.2, 0) is 0 Å². The molecular formula is C17H18N2. The third kappa shape index (κ3) is 3.55. The van der Waals surface area contributed by atoms with Gasteiger partial charge in [-0.1, -0.05) is 55.1 Å². The monoisotopic (exact) mass is 250 g/mol. The molecule has 2 nitrogen and oxygen atoms in total. The van der Waals surface area contributed by atoms with E-state index in [1.54, 1.807) is 5.01 Å². The minimum absolute atomic E-state index is 1.00. The molecule has 0 amide bonds. The zero-order valence-electron chi connectivity index (χ0n) is 11.4. The number of hydrogen-bond donors (Lipinski definition) is 0. The SMILES string of the molecule is C=c1cccc/c1=C\N(C)/N=C\c1ccccc1C. The van der Waals surface area contributed by atoms with Gasteiger partial charge in [-0.3, -0.25) is 5.01 Å². The van der Waals surface area contributed by atoms with E-state index < -0.39 is 0 Å². The van der Waals surface area contributed by atoms with E-state index in [9.17, 15) is 0 Å². The van der Waals surface area contributed by atoms with Gasteiger partial charge in [0, 0.05) is 13.2 Å². The van der Waals surface area contributed by atoms with Gasteiger partial charge in [0.2, 0.25) is 0 Å². The van der Waals surface area contributed by atoms with E-state index in [0.717, 1.165) is 16.0 Å². The number of hydrazone groups is 1. The first-order chi connectivity index (χ1) is 9.16. The Hall–Kier alpha value is -2.35. The van der Waals surface area contributed by atoms with E-state index in [0.29, 0.717) is 0 Å². The molecule has 0 heterocycles. The standard InChI is InChI=1S/C17H18N2/c1-14-8-4-6-10-16(14)12-18-19(3)13-17-11-7-5-9-15(17)2/h4-13H,2H2,1,3H3/b17-13+,18-12-. The van der Waals surface area contributed by atoms with Gasteiger partial charge in [0.05, 0.1) is 6.21 Å². The summed E-state index contributed by atoms with van der Waals surface area (Å²) in [5.41, 5.74) is 2.35. The Kier molecular flexibility index (Phi) is 4.14. The Morgan fingerprint density at radius 2 is 1.74 bits per heavy atom. The van der Waals surface area contributed by atoms with Crippen LogP contribution in [0.3, 0.4) is 0 Å². The van der Waals surface area contributed by atoms with Crippen molar-refractivity contribution in [3.63, 3.8) is 0 Å². The fourth-order valence-corrected chi connectivity index (χ4v) is 1.78. The molecule has 0 radical (unpaired) electrons. The quantitative estimate of drug-likeness (QED) is 0.602. The number of aryl methyl sites for hydroxylation is 1. The normalized spacial score (nSPS) is 12.0. The largest absolute Gasteiger partial charge is 0.275 e. The number of rotatable bonds is 3. The maximum Gasteiger partial charge on any atom is 0.0549 e. The molecule has 0 aromatic heterocycles. The molecule has 2 heteroatoms. The summed E-state index contributed by atoms with van der Waals surface area (Å²) in [6.45, 7) is 6.08. The summed E-state index contributed by atoms with van der Waals surface area (Å²) in [5, 5.41) is 8.29. The summed E-state index contributed by atoms with van der Waals surface area (Å²) in [4.78, 5) is 0. The van der Waals surface area contributed by atoms with Crippen molar-refractivity contribution in [3.05, 3.63) is 70.1 Å². The lowest BCUT2D eigenvalue weighted by Gasteiger charge is -2.06. The first-order valence-corrected chi connectivity index (χ1v) is 6.25. The van der Waals surface area contributed by atoms with Crippen LogP contribution in [0.25, 0.3) is 12.8 Å². The third-order valence-electron chi connectivity index (χ3n) is 2.95. The second-order valence-corrected chi connectivity index (χ2v) is 4.50. The van der Waals surface area contributed by atoms with Crippen LogP contribution < -0.4 is 10.4 Å². The van der Waals surface area contributed by atoms with Gasteiger partial charge in [-0.15, -0.1) is 0 Å². The van der Waals surface area contributed by atoms with E-state index in [1.807, 2.05) is 55.9 Å². The average Bonchev–Trinajstić information content (AvgIpc) is 2.40. The lowest BCUT2D eigenvalue weighted by atomic mass is 10.1. The molecule has 0 fully saturated rings. The van der Waals surface area contributed by atoms with Crippen LogP contribution in [0, 0.1) is 6.92 Å². The molecule has 0 saturated heterocycles. The first kappa shape index (κ1) is 13.1. The minimum Gasteiger partial charge on any atom is -0.275 e. The van der Waals surface area contributed by atoms with Gasteiger partial charge in [-0.2, -0.15) is 5.10 Å². The summed E-state index contributed by atoms with van der Waals surface area (Å²) in [6.07, 6.45) is 3.84. The predicted molar refractivity (Wildman–Crippen MR) is 82.2 cm³/mol. The van der Waals surface area contributed by atoms with Gasteiger partial charge in [-0.25, -0.2) is 0 Å². The molecule has 0 spiro atoms. The van der Waals surface area contributed by atoms with E-state index in [-0.39, 0.29) is 0 Å². The summed E-state index contributed by atoms with van der Waals surface area (Å²) in [5.74, 6) is 0. The van der Waals surface area contributed by atoms with Crippen molar-refractivity contribution in [1.82, 2.24) is 5.01 Å². The van der Waals surface area contributed by atoms with Crippen LogP contribution in [-0.4, -0.2) is 18.3 Å². The van der Waals surface area contributed by atoms with Gasteiger partial charge in [0.15, 0.2) is 0 Å². The summed E-state index contributed by atoms with van der Waals surface area (Å²) in [6, 6.07) is 16.2. The molecule has 2 aromatic rings. The fraction of sp³-hybridized carbons (Fsp3) is 0.118. The molecule has 0 aliphatic carbocycles. The maximum atomic E-state index is 4.42. The molecule has 0 aliphatic rings. The van der Waals surface area contributed by atoms with Crippen molar-refractivity contribution in [2.75, 3.05) is 7.05 Å². The van der Waals surface area contributed by atoms with Gasteiger partial charge >= 0.3 is 0 Å². The number of benzene rings is 2. The summed E-state index contributed by atoms with van der Waals surface area (Å²) in [7, 11) is 1.92. The highest BCUT2D eigenvalue weighted by Crippen LogP contribution is 2.03. The number of hydrogen-bond acceptors (Lipinski definition) is 2. The van der Waals surface area contributed by atoms with Gasteiger partial charge in [0.1, 0.15) is 0 Å². The average molecular weight is 250 g/mol. The highest BCUT2D eigenvalue weighted by molar-refractivity contribution is 5.81. The lowest BCUT2D eigenvalue weighted by molar-refractivity contribution is 0.538. The highest BCUT2D eigenvalue weighted by Gasteiger charge is 1.92. The Morgan fingerprint density at radius 3 is 2.47 bits per heavy atom. The minimum atomic E-state index is 1.00. The van der Waals surface area contributed by atoms with Crippen molar-refractivity contribution in [1.29, 1.82) is 0 Å². The van der Waals surface area contributed by atoms with Crippen LogP contribution in [0.5, 0.6) is 0 Å². The van der Waals surface area contributed by atoms with Crippen molar-refractivity contribution in [3.8, 4) is 0 Å². The highest BCUT2D eigenvalue weighted by atomic mass is 15.4. The van der Waals surface area contributed by atoms with E-state index in [1.165, 1.54) is 5.56 Å². The molecule has 2 rings (SSSR count). The zero-order chi connectivity index (χ0) is 13.7. The summed E-state index contributed by atoms with van der Waals surface area (Å²) < 4.78 is 0. The van der Waals surface area contributed by atoms with Crippen LogP contribution in [0.2, 0.25) is 0 Å². The molecular weight excluding hydrogens is 232 g/mol. The smallest absolute Gasteiger partial charge is 0.0549 e. The topological polar surface area (TPSA) is 15.6 Å². The van der Waals surface area contributed by atoms with Crippen LogP contribution in [0.1, 0.15) is 11.1 Å². The Morgan fingerprint density at radius 1 is 1.05 bits per heavy atom. The zero-order valence-corrected chi connectivity index (χ0v) is 11.4. The molecule has 96 valence electrons. The van der Waals surface area contributed by atoms with Crippen LogP contribution >= 0.6 is 0 Å². The first-order valence-electron chi connectivity index (χ1n) is 6.25. The van der Waals surface area contributed by atoms with Crippen molar-refractivity contribution < 1.29 is 0 Å². The molecule has 0 bridgehead atoms. The lowest BCUT2D eigenvalue weighted by Crippen LogP contribution is -2.24. The van der Waals surface area contributed by atoms with Gasteiger partial charge in [0.25, 0.3) is 0 Å².